The summed E-state index contributed by atoms with van der Waals surface area (Å²) in [7, 11) is 1.87. The third-order valence-corrected chi connectivity index (χ3v) is 2.03. The van der Waals surface area contributed by atoms with Crippen molar-refractivity contribution in [2.24, 2.45) is 5.73 Å². The van der Waals surface area contributed by atoms with Gasteiger partial charge >= 0.3 is 0 Å². The topological polar surface area (TPSA) is 29.3 Å². The molecule has 1 aromatic rings. The summed E-state index contributed by atoms with van der Waals surface area (Å²) in [5.74, 6) is 0. The Balaban J connectivity index is 2.67. The minimum Gasteiger partial charge on any atom is -0.372 e. The maximum Gasteiger partial charge on any atom is 0.107 e. The molecule has 0 bridgehead atoms. The van der Waals surface area contributed by atoms with Crippen LogP contribution in [0.25, 0.3) is 0 Å². The van der Waals surface area contributed by atoms with Crippen molar-refractivity contribution in [3.63, 3.8) is 0 Å². The molecule has 3 heteroatoms. The maximum atomic E-state index is 12.0. The molecule has 13 heavy (non-hydrogen) atoms. The number of nitrogens with two attached hydrogens (primary N) is 1. The fourth-order valence-electron chi connectivity index (χ4n) is 1.14. The predicted molar refractivity (Wildman–Crippen MR) is 53.6 cm³/mol. The standard InChI is InChI=1S/C10H15FN2/c1-13(7-6-11)10-4-2-9(8-12)3-5-10/h2-5H,6-8,12H2,1H3. The molecule has 0 aliphatic rings. The Labute approximate surface area is 78.2 Å². The average molecular weight is 182 g/mol. The molecule has 0 saturated carbocycles. The van der Waals surface area contributed by atoms with Gasteiger partial charge in [-0.2, -0.15) is 0 Å². The first kappa shape index (κ1) is 9.99. The second kappa shape index (κ2) is 4.82. The van der Waals surface area contributed by atoms with Gasteiger partial charge in [0, 0.05) is 25.8 Å². The van der Waals surface area contributed by atoms with Crippen molar-refractivity contribution in [3.8, 4) is 0 Å². The predicted octanol–water partition coefficient (Wildman–Crippen LogP) is 1.55. The van der Waals surface area contributed by atoms with Crippen LogP contribution in [0.1, 0.15) is 5.56 Å². The van der Waals surface area contributed by atoms with Gasteiger partial charge in [0.1, 0.15) is 6.67 Å². The third kappa shape index (κ3) is 2.70. The third-order valence-electron chi connectivity index (χ3n) is 2.03. The number of rotatable bonds is 4. The molecule has 2 N–H and O–H groups in total. The number of hydrogen-bond acceptors (Lipinski definition) is 2. The van der Waals surface area contributed by atoms with Crippen molar-refractivity contribution in [2.75, 3.05) is 25.2 Å². The van der Waals surface area contributed by atoms with E-state index >= 15 is 0 Å². The van der Waals surface area contributed by atoms with Crippen molar-refractivity contribution in [1.82, 2.24) is 0 Å². The molecule has 0 aliphatic heterocycles. The molecule has 1 rings (SSSR count). The van der Waals surface area contributed by atoms with E-state index in [9.17, 15) is 4.39 Å². The summed E-state index contributed by atoms with van der Waals surface area (Å²) in [6.45, 7) is 0.657. The molecule has 0 radical (unpaired) electrons. The van der Waals surface area contributed by atoms with Crippen molar-refractivity contribution in [1.29, 1.82) is 0 Å². The molecule has 0 atom stereocenters. The quantitative estimate of drug-likeness (QED) is 0.765. The van der Waals surface area contributed by atoms with E-state index in [0.717, 1.165) is 11.3 Å². The molecule has 1 aromatic carbocycles. The molecule has 0 aliphatic carbocycles. The van der Waals surface area contributed by atoms with Gasteiger partial charge in [0.25, 0.3) is 0 Å². The van der Waals surface area contributed by atoms with Crippen LogP contribution in [-0.4, -0.2) is 20.3 Å². The number of nitrogens with zero attached hydrogens (tertiary/aromatic N) is 1. The molecule has 0 spiro atoms. The van der Waals surface area contributed by atoms with Crippen molar-refractivity contribution in [2.45, 2.75) is 6.54 Å². The summed E-state index contributed by atoms with van der Waals surface area (Å²) in [6, 6.07) is 7.84. The zero-order chi connectivity index (χ0) is 9.68. The zero-order valence-corrected chi connectivity index (χ0v) is 7.83. The van der Waals surface area contributed by atoms with E-state index in [-0.39, 0.29) is 6.67 Å². The van der Waals surface area contributed by atoms with Gasteiger partial charge in [0.05, 0.1) is 0 Å². The molecule has 0 unspecified atom stereocenters. The molecule has 0 saturated heterocycles. The number of benzene rings is 1. The Bertz CT molecular complexity index is 246. The van der Waals surface area contributed by atoms with E-state index in [4.69, 9.17) is 5.73 Å². The van der Waals surface area contributed by atoms with Crippen molar-refractivity contribution in [3.05, 3.63) is 29.8 Å². The number of alkyl halides is 1. The summed E-state index contributed by atoms with van der Waals surface area (Å²) in [6.07, 6.45) is 0. The highest BCUT2D eigenvalue weighted by Gasteiger charge is 1.98. The Kier molecular flexibility index (Phi) is 3.71. The first-order valence-corrected chi connectivity index (χ1v) is 4.34. The summed E-state index contributed by atoms with van der Waals surface area (Å²) in [4.78, 5) is 1.88. The van der Waals surface area contributed by atoms with Gasteiger partial charge in [-0.1, -0.05) is 12.1 Å². The lowest BCUT2D eigenvalue weighted by Crippen LogP contribution is -2.19. The zero-order valence-electron chi connectivity index (χ0n) is 7.83. The number of halogens is 1. The molecular weight excluding hydrogens is 167 g/mol. The van der Waals surface area contributed by atoms with E-state index < -0.39 is 0 Å². The fourth-order valence-corrected chi connectivity index (χ4v) is 1.14. The first-order valence-electron chi connectivity index (χ1n) is 4.34. The smallest absolute Gasteiger partial charge is 0.107 e. The van der Waals surface area contributed by atoms with Crippen LogP contribution in [0.3, 0.4) is 0 Å². The Morgan fingerprint density at radius 3 is 2.38 bits per heavy atom. The highest BCUT2D eigenvalue weighted by atomic mass is 19.1. The fraction of sp³-hybridized carbons (Fsp3) is 0.400. The number of anilines is 1. The normalized spacial score (nSPS) is 10.1. The largest absolute Gasteiger partial charge is 0.372 e. The van der Waals surface area contributed by atoms with E-state index in [2.05, 4.69) is 0 Å². The molecule has 0 aromatic heterocycles. The monoisotopic (exact) mass is 182 g/mol. The van der Waals surface area contributed by atoms with Gasteiger partial charge in [-0.25, -0.2) is 4.39 Å². The van der Waals surface area contributed by atoms with Crippen LogP contribution in [0.2, 0.25) is 0 Å². The van der Waals surface area contributed by atoms with Gasteiger partial charge in [-0.15, -0.1) is 0 Å². The second-order valence-electron chi connectivity index (χ2n) is 2.98. The van der Waals surface area contributed by atoms with Crippen LogP contribution in [0.15, 0.2) is 24.3 Å². The van der Waals surface area contributed by atoms with Crippen LogP contribution in [0, 0.1) is 0 Å². The summed E-state index contributed by atoms with van der Waals surface area (Å²) in [5.41, 5.74) is 7.58. The first-order chi connectivity index (χ1) is 6.27. The minimum absolute atomic E-state index is 0.324. The minimum atomic E-state index is -0.324. The highest BCUT2D eigenvalue weighted by molar-refractivity contribution is 5.46. The van der Waals surface area contributed by atoms with E-state index in [1.54, 1.807) is 0 Å². The number of hydrogen-bond donors (Lipinski definition) is 1. The lowest BCUT2D eigenvalue weighted by Gasteiger charge is -2.17. The summed E-state index contributed by atoms with van der Waals surface area (Å²) < 4.78 is 12.0. The second-order valence-corrected chi connectivity index (χ2v) is 2.98. The molecular formula is C10H15FN2. The van der Waals surface area contributed by atoms with Gasteiger partial charge in [-0.3, -0.25) is 0 Å². The summed E-state index contributed by atoms with van der Waals surface area (Å²) in [5, 5.41) is 0. The van der Waals surface area contributed by atoms with Crippen LogP contribution < -0.4 is 10.6 Å². The van der Waals surface area contributed by atoms with Crippen molar-refractivity contribution >= 4 is 5.69 Å². The summed E-state index contributed by atoms with van der Waals surface area (Å²) >= 11 is 0. The van der Waals surface area contributed by atoms with Gasteiger partial charge in [0.15, 0.2) is 0 Å². The average Bonchev–Trinajstić information content (AvgIpc) is 2.18. The lowest BCUT2D eigenvalue weighted by molar-refractivity contribution is 0.497. The maximum absolute atomic E-state index is 12.0. The SMILES string of the molecule is CN(CCF)c1ccc(CN)cc1. The van der Waals surface area contributed by atoms with Gasteiger partial charge in [-0.05, 0) is 17.7 Å². The Morgan fingerprint density at radius 1 is 1.31 bits per heavy atom. The molecule has 0 fully saturated rings. The van der Waals surface area contributed by atoms with Crippen LogP contribution in [0.4, 0.5) is 10.1 Å². The van der Waals surface area contributed by atoms with Gasteiger partial charge in [0.2, 0.25) is 0 Å². The van der Waals surface area contributed by atoms with Crippen LogP contribution >= 0.6 is 0 Å². The van der Waals surface area contributed by atoms with E-state index in [1.165, 1.54) is 0 Å². The molecule has 0 heterocycles. The Morgan fingerprint density at radius 2 is 1.92 bits per heavy atom. The van der Waals surface area contributed by atoms with E-state index in [0.29, 0.717) is 13.1 Å². The molecule has 72 valence electrons. The van der Waals surface area contributed by atoms with Crippen LogP contribution in [0.5, 0.6) is 0 Å². The Hall–Kier alpha value is -1.09. The van der Waals surface area contributed by atoms with Gasteiger partial charge < -0.3 is 10.6 Å². The van der Waals surface area contributed by atoms with Crippen LogP contribution in [-0.2, 0) is 6.54 Å². The van der Waals surface area contributed by atoms with Crippen molar-refractivity contribution < 1.29 is 4.39 Å². The molecule has 2 nitrogen and oxygen atoms in total. The van der Waals surface area contributed by atoms with E-state index in [1.807, 2.05) is 36.2 Å². The lowest BCUT2D eigenvalue weighted by atomic mass is 10.2. The highest BCUT2D eigenvalue weighted by Crippen LogP contribution is 2.12. The molecule has 0 amide bonds.